The molecule has 36 heavy (non-hydrogen) atoms. The lowest BCUT2D eigenvalue weighted by Crippen LogP contribution is -2.55. The third kappa shape index (κ3) is 8.24. The van der Waals surface area contributed by atoms with Crippen LogP contribution in [-0.4, -0.2) is 52.4 Å². The first-order valence-electron chi connectivity index (χ1n) is 12.7. The molecule has 0 radical (unpaired) electrons. The second-order valence-electron chi connectivity index (χ2n) is 10.9. The predicted octanol–water partition coefficient (Wildman–Crippen LogP) is 3.35. The van der Waals surface area contributed by atoms with E-state index in [-0.39, 0.29) is 23.9 Å². The van der Waals surface area contributed by atoms with Crippen LogP contribution in [0.5, 0.6) is 0 Å². The molecule has 0 saturated heterocycles. The average molecular weight is 503 g/mol. The van der Waals surface area contributed by atoms with Crippen molar-refractivity contribution in [2.45, 2.75) is 104 Å². The number of rotatable bonds is 11. The number of hydrogen-bond acceptors (Lipinski definition) is 5. The van der Waals surface area contributed by atoms with Crippen molar-refractivity contribution in [3.63, 3.8) is 0 Å². The Kier molecular flexibility index (Phi) is 9.90. The normalized spacial score (nSPS) is 19.4. The Balaban J connectivity index is 2.50. The molecule has 1 aromatic rings. The first kappa shape index (κ1) is 29.1. The fourth-order valence-electron chi connectivity index (χ4n) is 4.34. The van der Waals surface area contributed by atoms with Gasteiger partial charge in [-0.2, -0.15) is 0 Å². The van der Waals surface area contributed by atoms with Gasteiger partial charge in [0.05, 0.1) is 6.42 Å². The number of hydrogen-bond donors (Lipinski definition) is 3. The Bertz CT molecular complexity index is 958. The van der Waals surface area contributed by atoms with Crippen molar-refractivity contribution in [3.05, 3.63) is 35.4 Å². The van der Waals surface area contributed by atoms with Gasteiger partial charge in [0, 0.05) is 12.1 Å². The van der Waals surface area contributed by atoms with E-state index in [1.807, 2.05) is 52.0 Å². The summed E-state index contributed by atoms with van der Waals surface area (Å²) in [6, 6.07) is 4.94. The van der Waals surface area contributed by atoms with Gasteiger partial charge in [0.2, 0.25) is 17.7 Å². The number of amides is 4. The summed E-state index contributed by atoms with van der Waals surface area (Å²) in [4.78, 5) is 53.7. The third-order valence-corrected chi connectivity index (χ3v) is 6.19. The summed E-state index contributed by atoms with van der Waals surface area (Å²) in [5.74, 6) is -1.42. The van der Waals surface area contributed by atoms with Crippen LogP contribution >= 0.6 is 0 Å². The molecule has 0 aliphatic heterocycles. The number of nitrogens with one attached hydrogen (secondary N) is 2. The molecule has 9 nitrogen and oxygen atoms in total. The molecule has 1 aliphatic rings. The van der Waals surface area contributed by atoms with E-state index in [0.29, 0.717) is 12.0 Å². The molecule has 0 aromatic heterocycles. The maximum Gasteiger partial charge on any atom is 0.408 e. The van der Waals surface area contributed by atoms with Gasteiger partial charge < -0.3 is 26.0 Å². The maximum atomic E-state index is 14.0. The Morgan fingerprint density at radius 3 is 2.28 bits per heavy atom. The lowest BCUT2D eigenvalue weighted by Gasteiger charge is -2.36. The highest BCUT2D eigenvalue weighted by Gasteiger charge is 2.48. The largest absolute Gasteiger partial charge is 0.444 e. The zero-order valence-corrected chi connectivity index (χ0v) is 22.6. The highest BCUT2D eigenvalue weighted by atomic mass is 16.6. The van der Waals surface area contributed by atoms with Gasteiger partial charge in [0.15, 0.2) is 0 Å². The van der Waals surface area contributed by atoms with Gasteiger partial charge in [-0.05, 0) is 64.5 Å². The molecular formula is C27H42N4O5. The van der Waals surface area contributed by atoms with E-state index in [2.05, 4.69) is 10.6 Å². The van der Waals surface area contributed by atoms with Crippen LogP contribution in [0.1, 0.15) is 84.4 Å². The fraction of sp³-hybridized carbons (Fsp3) is 0.630. The second-order valence-corrected chi connectivity index (χ2v) is 10.9. The standard InChI is InChI=1S/C27H42N4O5/c1-8-11-18(4)29-24(33)23(19-13-10-9-12-16(19)2)31(21-14-17(21)3)25(34)20(15-22(28)32)30-26(35)36-27(5,6)7/h9-10,12-13,17-18,20-21,23H,8,11,14-15H2,1-7H3,(H2,28,32)(H,29,33)(H,30,35). The van der Waals surface area contributed by atoms with Crippen LogP contribution in [0.3, 0.4) is 0 Å². The topological polar surface area (TPSA) is 131 Å². The van der Waals surface area contributed by atoms with Crippen LogP contribution in [0, 0.1) is 12.8 Å². The van der Waals surface area contributed by atoms with Crippen molar-refractivity contribution in [1.29, 1.82) is 0 Å². The number of nitrogens with two attached hydrogens (primary N) is 1. The summed E-state index contributed by atoms with van der Waals surface area (Å²) in [5, 5.41) is 5.57. The lowest BCUT2D eigenvalue weighted by molar-refractivity contribution is -0.144. The van der Waals surface area contributed by atoms with Crippen LogP contribution in [0.25, 0.3) is 0 Å². The van der Waals surface area contributed by atoms with Crippen molar-refractivity contribution in [3.8, 4) is 0 Å². The van der Waals surface area contributed by atoms with Crippen LogP contribution in [0.2, 0.25) is 0 Å². The van der Waals surface area contributed by atoms with Crippen molar-refractivity contribution in [2.75, 3.05) is 0 Å². The van der Waals surface area contributed by atoms with Crippen LogP contribution in [0.15, 0.2) is 24.3 Å². The molecule has 0 spiro atoms. The predicted molar refractivity (Wildman–Crippen MR) is 138 cm³/mol. The minimum absolute atomic E-state index is 0.0797. The van der Waals surface area contributed by atoms with E-state index in [1.54, 1.807) is 20.8 Å². The summed E-state index contributed by atoms with van der Waals surface area (Å²) in [6.07, 6.45) is 1.16. The molecule has 4 N–H and O–H groups in total. The summed E-state index contributed by atoms with van der Waals surface area (Å²) < 4.78 is 5.32. The molecule has 0 heterocycles. The third-order valence-electron chi connectivity index (χ3n) is 6.19. The Morgan fingerprint density at radius 2 is 1.78 bits per heavy atom. The SMILES string of the molecule is CCCC(C)NC(=O)C(c1ccccc1C)N(C(=O)C(CC(N)=O)NC(=O)OC(C)(C)C)C1CC1C. The van der Waals surface area contributed by atoms with E-state index in [9.17, 15) is 19.2 Å². The van der Waals surface area contributed by atoms with Gasteiger partial charge in [-0.15, -0.1) is 0 Å². The average Bonchev–Trinajstić information content (AvgIpc) is 3.45. The molecule has 1 saturated carbocycles. The molecule has 5 atom stereocenters. The molecule has 5 unspecified atom stereocenters. The van der Waals surface area contributed by atoms with E-state index < -0.39 is 42.0 Å². The van der Waals surface area contributed by atoms with Gasteiger partial charge in [0.25, 0.3) is 0 Å². The number of primary amides is 1. The van der Waals surface area contributed by atoms with E-state index in [4.69, 9.17) is 10.5 Å². The Morgan fingerprint density at radius 1 is 1.17 bits per heavy atom. The van der Waals surface area contributed by atoms with Crippen molar-refractivity contribution >= 4 is 23.8 Å². The molecule has 1 fully saturated rings. The van der Waals surface area contributed by atoms with E-state index in [0.717, 1.165) is 18.4 Å². The van der Waals surface area contributed by atoms with Crippen LogP contribution < -0.4 is 16.4 Å². The number of carbonyl (C=O) groups is 4. The molecule has 0 bridgehead atoms. The van der Waals surface area contributed by atoms with Gasteiger partial charge in [-0.25, -0.2) is 4.79 Å². The molecule has 200 valence electrons. The number of benzene rings is 1. The number of alkyl carbamates (subject to hydrolysis) is 1. The minimum Gasteiger partial charge on any atom is -0.444 e. The first-order chi connectivity index (χ1) is 16.7. The van der Waals surface area contributed by atoms with E-state index >= 15 is 0 Å². The van der Waals surface area contributed by atoms with Gasteiger partial charge >= 0.3 is 6.09 Å². The summed E-state index contributed by atoms with van der Waals surface area (Å²) >= 11 is 0. The van der Waals surface area contributed by atoms with Gasteiger partial charge in [0.1, 0.15) is 17.7 Å². The number of aryl methyl sites for hydroxylation is 1. The molecule has 9 heteroatoms. The number of carbonyl (C=O) groups excluding carboxylic acids is 4. The second kappa shape index (κ2) is 12.2. The molecule has 4 amide bonds. The monoisotopic (exact) mass is 502 g/mol. The molecule has 1 aliphatic carbocycles. The van der Waals surface area contributed by atoms with E-state index in [1.165, 1.54) is 4.90 Å². The zero-order chi connectivity index (χ0) is 27.2. The summed E-state index contributed by atoms with van der Waals surface area (Å²) in [7, 11) is 0. The quantitative estimate of drug-likeness (QED) is 0.427. The summed E-state index contributed by atoms with van der Waals surface area (Å²) in [5.41, 5.74) is 6.20. The van der Waals surface area contributed by atoms with Gasteiger partial charge in [-0.3, -0.25) is 14.4 Å². The highest BCUT2D eigenvalue weighted by molar-refractivity contribution is 5.95. The minimum atomic E-state index is -1.27. The molecule has 1 aromatic carbocycles. The number of nitrogens with zero attached hydrogens (tertiary/aromatic N) is 1. The number of ether oxygens (including phenoxy) is 1. The van der Waals surface area contributed by atoms with Gasteiger partial charge in [-0.1, -0.05) is 44.5 Å². The van der Waals surface area contributed by atoms with Crippen molar-refractivity contribution < 1.29 is 23.9 Å². The molecular weight excluding hydrogens is 460 g/mol. The first-order valence-corrected chi connectivity index (χ1v) is 12.7. The van der Waals surface area contributed by atoms with Crippen LogP contribution in [-0.2, 0) is 19.1 Å². The highest BCUT2D eigenvalue weighted by Crippen LogP contribution is 2.41. The fourth-order valence-corrected chi connectivity index (χ4v) is 4.34. The van der Waals surface area contributed by atoms with Crippen molar-refractivity contribution in [1.82, 2.24) is 15.5 Å². The lowest BCUT2D eigenvalue weighted by atomic mass is 9.97. The van der Waals surface area contributed by atoms with Crippen LogP contribution in [0.4, 0.5) is 4.79 Å². The Labute approximate surface area is 214 Å². The van der Waals surface area contributed by atoms with Crippen molar-refractivity contribution in [2.24, 2.45) is 11.7 Å². The Hall–Kier alpha value is -3.10. The maximum absolute atomic E-state index is 14.0. The smallest absolute Gasteiger partial charge is 0.408 e. The summed E-state index contributed by atoms with van der Waals surface area (Å²) in [6.45, 7) is 13.0. The molecule has 2 rings (SSSR count). The zero-order valence-electron chi connectivity index (χ0n) is 22.6.